The van der Waals surface area contributed by atoms with Crippen molar-refractivity contribution in [1.82, 2.24) is 5.16 Å². The van der Waals surface area contributed by atoms with Crippen molar-refractivity contribution in [2.45, 2.75) is 25.9 Å². The molecule has 1 aromatic heterocycles. The van der Waals surface area contributed by atoms with E-state index in [1.807, 2.05) is 30.3 Å². The first-order valence-corrected chi connectivity index (χ1v) is 7.54. The number of nitrogens with one attached hydrogen (secondary N) is 1. The largest absolute Gasteiger partial charge is 0.393 e. The zero-order valence-electron chi connectivity index (χ0n) is 13.3. The van der Waals surface area contributed by atoms with E-state index < -0.39 is 23.8 Å². The Kier molecular flexibility index (Phi) is 6.08. The molecule has 0 saturated carbocycles. The molecule has 1 radical (unpaired) electrons. The van der Waals surface area contributed by atoms with Gasteiger partial charge < -0.3 is 20.7 Å². The molecule has 1 aromatic carbocycles. The Balaban J connectivity index is 1.89. The van der Waals surface area contributed by atoms with E-state index in [4.69, 9.17) is 10.3 Å². The van der Waals surface area contributed by atoms with Crippen LogP contribution in [0.3, 0.4) is 0 Å². The number of rotatable bonds is 8. The highest BCUT2D eigenvalue weighted by atomic mass is 16.5. The summed E-state index contributed by atoms with van der Waals surface area (Å²) in [7, 11) is 0. The first kappa shape index (κ1) is 17.7. The number of benzene rings is 1. The molecule has 7 nitrogen and oxygen atoms in total. The van der Waals surface area contributed by atoms with Crippen LogP contribution in [0.15, 0.2) is 40.9 Å². The van der Waals surface area contributed by atoms with Crippen molar-refractivity contribution < 1.29 is 19.2 Å². The molecule has 127 valence electrons. The van der Waals surface area contributed by atoms with Crippen LogP contribution in [-0.2, 0) is 16.0 Å². The molecule has 0 aliphatic heterocycles. The van der Waals surface area contributed by atoms with Crippen molar-refractivity contribution >= 4 is 17.6 Å². The SMILES string of the molecule is Cc1cc(NC(=O)[C@H](C[C@@H](O)[CH]Cc2ccccc2)C(N)=O)no1. The molecule has 1 heterocycles. The second-order valence-corrected chi connectivity index (χ2v) is 5.50. The summed E-state index contributed by atoms with van der Waals surface area (Å²) in [6.45, 7) is 1.68. The highest BCUT2D eigenvalue weighted by Crippen LogP contribution is 2.15. The van der Waals surface area contributed by atoms with Crippen molar-refractivity contribution in [3.05, 3.63) is 54.1 Å². The molecule has 4 N–H and O–H groups in total. The number of aryl methyl sites for hydroxylation is 1. The van der Waals surface area contributed by atoms with Crippen LogP contribution in [0.5, 0.6) is 0 Å². The number of hydrogen-bond acceptors (Lipinski definition) is 5. The molecule has 0 saturated heterocycles. The van der Waals surface area contributed by atoms with E-state index in [9.17, 15) is 14.7 Å². The molecule has 0 aliphatic rings. The third-order valence-electron chi connectivity index (χ3n) is 3.48. The number of aromatic nitrogens is 1. The third kappa shape index (κ3) is 5.20. The highest BCUT2D eigenvalue weighted by molar-refractivity contribution is 6.05. The van der Waals surface area contributed by atoms with Crippen LogP contribution in [-0.4, -0.2) is 28.2 Å². The van der Waals surface area contributed by atoms with Gasteiger partial charge in [-0.1, -0.05) is 35.5 Å². The third-order valence-corrected chi connectivity index (χ3v) is 3.48. The summed E-state index contributed by atoms with van der Waals surface area (Å²) in [5.74, 6) is -1.87. The summed E-state index contributed by atoms with van der Waals surface area (Å²) in [6, 6.07) is 11.1. The Morgan fingerprint density at radius 1 is 1.38 bits per heavy atom. The number of hydrogen-bond donors (Lipinski definition) is 3. The molecule has 0 aliphatic carbocycles. The van der Waals surface area contributed by atoms with Crippen LogP contribution in [0, 0.1) is 19.3 Å². The molecule has 0 spiro atoms. The number of aliphatic hydroxyl groups excluding tert-OH is 1. The van der Waals surface area contributed by atoms with Crippen LogP contribution in [0.4, 0.5) is 5.82 Å². The van der Waals surface area contributed by atoms with Crippen LogP contribution < -0.4 is 11.1 Å². The minimum absolute atomic E-state index is 0.0924. The predicted molar refractivity (Wildman–Crippen MR) is 87.6 cm³/mol. The smallest absolute Gasteiger partial charge is 0.238 e. The average Bonchev–Trinajstić information content (AvgIpc) is 2.96. The summed E-state index contributed by atoms with van der Waals surface area (Å²) in [6.07, 6.45) is 1.13. The fourth-order valence-electron chi connectivity index (χ4n) is 2.21. The number of primary amides is 1. The van der Waals surface area contributed by atoms with Crippen molar-refractivity contribution in [2.75, 3.05) is 5.32 Å². The van der Waals surface area contributed by atoms with E-state index in [1.54, 1.807) is 13.3 Å². The predicted octanol–water partition coefficient (Wildman–Crippen LogP) is 1.22. The lowest BCUT2D eigenvalue weighted by molar-refractivity contribution is -0.131. The van der Waals surface area contributed by atoms with E-state index in [2.05, 4.69) is 10.5 Å². The van der Waals surface area contributed by atoms with Gasteiger partial charge in [0.2, 0.25) is 11.8 Å². The second-order valence-electron chi connectivity index (χ2n) is 5.50. The van der Waals surface area contributed by atoms with E-state index in [-0.39, 0.29) is 12.2 Å². The standard InChI is InChI=1S/C17H20N3O4/c1-11-9-15(20-24-11)19-17(23)14(16(18)22)10-13(21)8-7-12-5-3-2-4-6-12/h2-6,8-9,13-14,21H,7,10H2,1H3,(H2,18,22)(H,19,20,23)/t13-,14+/m0/s1. The number of nitrogens with zero attached hydrogens (tertiary/aromatic N) is 1. The first-order valence-electron chi connectivity index (χ1n) is 7.54. The van der Waals surface area contributed by atoms with E-state index >= 15 is 0 Å². The number of carbonyl (C=O) groups excluding carboxylic acids is 2. The van der Waals surface area contributed by atoms with Crippen molar-refractivity contribution in [3.63, 3.8) is 0 Å². The van der Waals surface area contributed by atoms with Crippen LogP contribution in [0.1, 0.15) is 17.7 Å². The number of aliphatic hydroxyl groups is 1. The number of amides is 2. The van der Waals surface area contributed by atoms with E-state index in [0.717, 1.165) is 5.56 Å². The zero-order chi connectivity index (χ0) is 17.5. The van der Waals surface area contributed by atoms with Crippen LogP contribution in [0.2, 0.25) is 0 Å². The topological polar surface area (TPSA) is 118 Å². The molecule has 0 unspecified atom stereocenters. The average molecular weight is 330 g/mol. The molecule has 7 heteroatoms. The maximum absolute atomic E-state index is 12.2. The molecular weight excluding hydrogens is 310 g/mol. The van der Waals surface area contributed by atoms with Gasteiger partial charge in [-0.3, -0.25) is 9.59 Å². The number of carbonyl (C=O) groups is 2. The summed E-state index contributed by atoms with van der Waals surface area (Å²) in [4.78, 5) is 23.7. The van der Waals surface area contributed by atoms with Gasteiger partial charge >= 0.3 is 0 Å². The summed E-state index contributed by atoms with van der Waals surface area (Å²) in [5.41, 5.74) is 6.31. The Hall–Kier alpha value is -2.67. The molecular formula is C17H20N3O4. The minimum Gasteiger partial charge on any atom is -0.393 e. The van der Waals surface area contributed by atoms with E-state index in [0.29, 0.717) is 12.2 Å². The van der Waals surface area contributed by atoms with Gasteiger partial charge in [-0.15, -0.1) is 0 Å². The molecule has 24 heavy (non-hydrogen) atoms. The summed E-state index contributed by atoms with van der Waals surface area (Å²) < 4.78 is 4.84. The fraction of sp³-hybridized carbons (Fsp3) is 0.294. The normalized spacial score (nSPS) is 13.2. The van der Waals surface area contributed by atoms with Gasteiger partial charge in [0.05, 0.1) is 6.10 Å². The number of anilines is 1. The van der Waals surface area contributed by atoms with Gasteiger partial charge in [-0.25, -0.2) is 0 Å². The maximum Gasteiger partial charge on any atom is 0.238 e. The molecule has 2 aromatic rings. The minimum atomic E-state index is -1.16. The van der Waals surface area contributed by atoms with Crippen LogP contribution >= 0.6 is 0 Å². The lowest BCUT2D eigenvalue weighted by Crippen LogP contribution is -2.37. The van der Waals surface area contributed by atoms with Gasteiger partial charge in [-0.05, 0) is 31.7 Å². The maximum atomic E-state index is 12.2. The Labute approximate surface area is 139 Å². The van der Waals surface area contributed by atoms with Gasteiger partial charge in [-0.2, -0.15) is 0 Å². The highest BCUT2D eigenvalue weighted by Gasteiger charge is 2.28. The second kappa shape index (κ2) is 8.26. The summed E-state index contributed by atoms with van der Waals surface area (Å²) >= 11 is 0. The molecule has 2 atom stereocenters. The lowest BCUT2D eigenvalue weighted by atomic mass is 9.96. The Bertz CT molecular complexity index is 684. The molecule has 0 bridgehead atoms. The van der Waals surface area contributed by atoms with Crippen molar-refractivity contribution in [2.24, 2.45) is 11.7 Å². The van der Waals surface area contributed by atoms with Crippen LogP contribution in [0.25, 0.3) is 0 Å². The lowest BCUT2D eigenvalue weighted by Gasteiger charge is -2.16. The van der Waals surface area contributed by atoms with Gasteiger partial charge in [0, 0.05) is 6.07 Å². The van der Waals surface area contributed by atoms with Crippen molar-refractivity contribution in [3.8, 4) is 0 Å². The van der Waals surface area contributed by atoms with Gasteiger partial charge in [0.15, 0.2) is 5.82 Å². The van der Waals surface area contributed by atoms with E-state index in [1.165, 1.54) is 6.07 Å². The molecule has 2 rings (SSSR count). The van der Waals surface area contributed by atoms with Gasteiger partial charge in [0.1, 0.15) is 11.7 Å². The monoisotopic (exact) mass is 330 g/mol. The molecule has 2 amide bonds. The quantitative estimate of drug-likeness (QED) is 0.629. The first-order chi connectivity index (χ1) is 11.5. The summed E-state index contributed by atoms with van der Waals surface area (Å²) in [5, 5.41) is 16.1. The zero-order valence-corrected chi connectivity index (χ0v) is 13.3. The number of nitrogens with two attached hydrogens (primary N) is 1. The fourth-order valence-corrected chi connectivity index (χ4v) is 2.21. The van der Waals surface area contributed by atoms with Crippen molar-refractivity contribution in [1.29, 1.82) is 0 Å². The molecule has 0 fully saturated rings. The Morgan fingerprint density at radius 3 is 2.67 bits per heavy atom. The van der Waals surface area contributed by atoms with Gasteiger partial charge in [0.25, 0.3) is 0 Å². The Morgan fingerprint density at radius 2 is 2.08 bits per heavy atom.